The molecule has 1 aromatic carbocycles. The molecule has 0 aliphatic rings. The Hall–Kier alpha value is -2.21. The number of terminal acetylenes is 1. The van der Waals surface area contributed by atoms with Gasteiger partial charge in [0, 0.05) is 18.5 Å². The zero-order valence-corrected chi connectivity index (χ0v) is 20.2. The van der Waals surface area contributed by atoms with Crippen LogP contribution in [0, 0.1) is 29.6 Å². The van der Waals surface area contributed by atoms with E-state index in [1.54, 1.807) is 11.3 Å². The quantitative estimate of drug-likeness (QED) is 0.315. The lowest BCUT2D eigenvalue weighted by molar-refractivity contribution is 0.0847. The van der Waals surface area contributed by atoms with Crippen LogP contribution in [0.3, 0.4) is 0 Å². The van der Waals surface area contributed by atoms with Crippen LogP contribution < -0.4 is 4.74 Å². The Morgan fingerprint density at radius 1 is 1.13 bits per heavy atom. The van der Waals surface area contributed by atoms with Crippen molar-refractivity contribution < 1.29 is 9.47 Å². The number of rotatable bonds is 11. The molecule has 0 N–H and O–H groups in total. The van der Waals surface area contributed by atoms with E-state index in [2.05, 4.69) is 72.4 Å². The standard InChI is InChI=1S/C26H31NO2S.ClH/c1-5-14-27(15-8-6-7-13-26(2,3)4)16-17-28-18-19-29-25-11-9-10-23(21-25)24-12-20-30-22-24;/h1,6,8-12,20-22H,14-19H2,2-4H3;1H/b8-6+;. The van der Waals surface area contributed by atoms with Gasteiger partial charge in [-0.2, -0.15) is 11.3 Å². The number of ether oxygens (including phenoxy) is 2. The number of allylic oxidation sites excluding steroid dienone is 1. The van der Waals surface area contributed by atoms with Crippen molar-refractivity contribution in [2.75, 3.05) is 39.5 Å². The molecule has 31 heavy (non-hydrogen) atoms. The fraction of sp³-hybridized carbons (Fsp3) is 0.385. The van der Waals surface area contributed by atoms with Crippen LogP contribution >= 0.6 is 23.7 Å². The van der Waals surface area contributed by atoms with Crippen LogP contribution in [0.1, 0.15) is 20.8 Å². The number of hydrogen-bond acceptors (Lipinski definition) is 4. The van der Waals surface area contributed by atoms with E-state index in [0.717, 1.165) is 18.8 Å². The molecule has 2 rings (SSSR count). The molecule has 0 aliphatic heterocycles. The second-order valence-corrected chi connectivity index (χ2v) is 8.64. The van der Waals surface area contributed by atoms with Gasteiger partial charge in [0.1, 0.15) is 12.4 Å². The lowest BCUT2D eigenvalue weighted by Gasteiger charge is -2.17. The van der Waals surface area contributed by atoms with Gasteiger partial charge in [-0.1, -0.05) is 36.0 Å². The fourth-order valence-corrected chi connectivity index (χ4v) is 3.26. The third kappa shape index (κ3) is 11.7. The van der Waals surface area contributed by atoms with Crippen molar-refractivity contribution in [3.05, 3.63) is 53.2 Å². The predicted molar refractivity (Wildman–Crippen MR) is 135 cm³/mol. The minimum Gasteiger partial charge on any atom is -0.491 e. The second-order valence-electron chi connectivity index (χ2n) is 7.86. The molecule has 1 heterocycles. The summed E-state index contributed by atoms with van der Waals surface area (Å²) < 4.78 is 11.5. The van der Waals surface area contributed by atoms with Crippen molar-refractivity contribution in [1.82, 2.24) is 4.90 Å². The van der Waals surface area contributed by atoms with E-state index in [9.17, 15) is 0 Å². The molecule has 1 aromatic heterocycles. The molecule has 0 radical (unpaired) electrons. The van der Waals surface area contributed by atoms with Crippen LogP contribution in [0.25, 0.3) is 11.1 Å². The topological polar surface area (TPSA) is 21.7 Å². The summed E-state index contributed by atoms with van der Waals surface area (Å²) in [5, 5.41) is 4.21. The Morgan fingerprint density at radius 3 is 2.68 bits per heavy atom. The maximum absolute atomic E-state index is 5.82. The van der Waals surface area contributed by atoms with Crippen LogP contribution in [0.4, 0.5) is 0 Å². The Balaban J connectivity index is 0.00000480. The molecule has 0 atom stereocenters. The maximum Gasteiger partial charge on any atom is 0.120 e. The lowest BCUT2D eigenvalue weighted by Crippen LogP contribution is -2.28. The Bertz CT molecular complexity index is 883. The normalized spacial score (nSPS) is 10.9. The van der Waals surface area contributed by atoms with Gasteiger partial charge in [0.25, 0.3) is 0 Å². The van der Waals surface area contributed by atoms with Gasteiger partial charge in [-0.15, -0.1) is 18.8 Å². The van der Waals surface area contributed by atoms with Crippen LogP contribution in [-0.2, 0) is 4.74 Å². The van der Waals surface area contributed by atoms with Crippen molar-refractivity contribution in [3.8, 4) is 41.1 Å². The van der Waals surface area contributed by atoms with Crippen LogP contribution in [0.15, 0.2) is 53.2 Å². The number of halogens is 1. The van der Waals surface area contributed by atoms with Gasteiger partial charge in [0.15, 0.2) is 0 Å². The minimum atomic E-state index is 0. The molecular weight excluding hydrogens is 426 g/mol. The first kappa shape index (κ1) is 26.8. The first-order valence-electron chi connectivity index (χ1n) is 10.1. The van der Waals surface area contributed by atoms with Crippen LogP contribution in [-0.4, -0.2) is 44.4 Å². The number of benzene rings is 1. The van der Waals surface area contributed by atoms with E-state index in [0.29, 0.717) is 26.4 Å². The summed E-state index contributed by atoms with van der Waals surface area (Å²) in [6, 6.07) is 10.3. The Labute approximate surface area is 197 Å². The molecular formula is C26H32ClNO2S. The van der Waals surface area contributed by atoms with Crippen molar-refractivity contribution in [1.29, 1.82) is 0 Å². The highest BCUT2D eigenvalue weighted by molar-refractivity contribution is 7.08. The average molecular weight is 458 g/mol. The zero-order chi connectivity index (χ0) is 21.7. The Kier molecular flexibility index (Phi) is 12.8. The van der Waals surface area contributed by atoms with E-state index in [-0.39, 0.29) is 17.8 Å². The molecule has 0 amide bonds. The van der Waals surface area contributed by atoms with E-state index in [1.165, 1.54) is 11.1 Å². The zero-order valence-electron chi connectivity index (χ0n) is 18.6. The largest absolute Gasteiger partial charge is 0.491 e. The van der Waals surface area contributed by atoms with Crippen molar-refractivity contribution in [2.45, 2.75) is 20.8 Å². The molecule has 0 saturated heterocycles. The molecule has 5 heteroatoms. The first-order chi connectivity index (χ1) is 14.5. The van der Waals surface area contributed by atoms with Gasteiger partial charge in [-0.05, 0) is 66.9 Å². The summed E-state index contributed by atoms with van der Waals surface area (Å²) in [6.45, 7) is 10.1. The summed E-state index contributed by atoms with van der Waals surface area (Å²) in [4.78, 5) is 2.15. The SMILES string of the molecule is C#CCN(C/C=C/C#CC(C)(C)C)CCOCCOc1cccc(-c2ccsc2)c1.Cl. The molecule has 0 saturated carbocycles. The van der Waals surface area contributed by atoms with Crippen LogP contribution in [0.5, 0.6) is 5.75 Å². The molecule has 0 bridgehead atoms. The summed E-state index contributed by atoms with van der Waals surface area (Å²) >= 11 is 1.69. The van der Waals surface area contributed by atoms with Gasteiger partial charge in [-0.3, -0.25) is 4.90 Å². The smallest absolute Gasteiger partial charge is 0.120 e. The second kappa shape index (κ2) is 14.7. The number of hydrogen-bond donors (Lipinski definition) is 0. The lowest BCUT2D eigenvalue weighted by atomic mass is 9.98. The summed E-state index contributed by atoms with van der Waals surface area (Å²) in [7, 11) is 0. The number of thiophene rings is 1. The molecule has 166 valence electrons. The fourth-order valence-electron chi connectivity index (χ4n) is 2.59. The van der Waals surface area contributed by atoms with Gasteiger partial charge in [-0.25, -0.2) is 0 Å². The number of nitrogens with zero attached hydrogens (tertiary/aromatic N) is 1. The average Bonchev–Trinajstić information content (AvgIpc) is 3.24. The molecule has 2 aromatic rings. The van der Waals surface area contributed by atoms with Crippen LogP contribution in [0.2, 0.25) is 0 Å². The third-order valence-electron chi connectivity index (χ3n) is 4.06. The van der Waals surface area contributed by atoms with E-state index in [1.807, 2.05) is 24.3 Å². The molecule has 0 unspecified atom stereocenters. The molecule has 3 nitrogen and oxygen atoms in total. The monoisotopic (exact) mass is 457 g/mol. The predicted octanol–water partition coefficient (Wildman–Crippen LogP) is 5.77. The maximum atomic E-state index is 5.82. The minimum absolute atomic E-state index is 0. The van der Waals surface area contributed by atoms with Gasteiger partial charge in [0.2, 0.25) is 0 Å². The summed E-state index contributed by atoms with van der Waals surface area (Å²) in [6.07, 6.45) is 9.41. The highest BCUT2D eigenvalue weighted by Gasteiger charge is 2.04. The third-order valence-corrected chi connectivity index (χ3v) is 4.75. The van der Waals surface area contributed by atoms with E-state index in [4.69, 9.17) is 15.9 Å². The molecule has 0 aliphatic carbocycles. The van der Waals surface area contributed by atoms with Gasteiger partial charge in [0.05, 0.1) is 19.8 Å². The van der Waals surface area contributed by atoms with Gasteiger partial charge < -0.3 is 9.47 Å². The van der Waals surface area contributed by atoms with Crippen molar-refractivity contribution in [2.24, 2.45) is 5.41 Å². The molecule has 0 fully saturated rings. The van der Waals surface area contributed by atoms with E-state index >= 15 is 0 Å². The first-order valence-corrected chi connectivity index (χ1v) is 11.1. The van der Waals surface area contributed by atoms with Crippen molar-refractivity contribution in [3.63, 3.8) is 0 Å². The van der Waals surface area contributed by atoms with E-state index < -0.39 is 0 Å². The highest BCUT2D eigenvalue weighted by atomic mass is 35.5. The highest BCUT2D eigenvalue weighted by Crippen LogP contribution is 2.25. The van der Waals surface area contributed by atoms with Crippen molar-refractivity contribution >= 4 is 23.7 Å². The molecule has 0 spiro atoms. The Morgan fingerprint density at radius 2 is 1.97 bits per heavy atom. The summed E-state index contributed by atoms with van der Waals surface area (Å²) in [5.41, 5.74) is 2.40. The summed E-state index contributed by atoms with van der Waals surface area (Å²) in [5.74, 6) is 9.82. The van der Waals surface area contributed by atoms with Gasteiger partial charge >= 0.3 is 0 Å².